The van der Waals surface area contributed by atoms with E-state index in [-0.39, 0.29) is 0 Å². The number of aromatic nitrogens is 1. The quantitative estimate of drug-likeness (QED) is 0.739. The van der Waals surface area contributed by atoms with Gasteiger partial charge < -0.3 is 5.32 Å². The molecule has 0 bridgehead atoms. The van der Waals surface area contributed by atoms with Gasteiger partial charge in [-0.1, -0.05) is 18.2 Å². The first-order valence-corrected chi connectivity index (χ1v) is 7.28. The van der Waals surface area contributed by atoms with Crippen molar-refractivity contribution in [2.75, 3.05) is 5.32 Å². The number of rotatable bonds is 3. The summed E-state index contributed by atoms with van der Waals surface area (Å²) in [5, 5.41) is 6.89. The van der Waals surface area contributed by atoms with Crippen molar-refractivity contribution in [2.45, 2.75) is 19.9 Å². The second kappa shape index (κ2) is 5.02. The Morgan fingerprint density at radius 2 is 2.00 bits per heavy atom. The maximum absolute atomic E-state index is 4.48. The third-order valence-corrected chi connectivity index (χ3v) is 4.50. The highest BCUT2D eigenvalue weighted by Gasteiger charge is 2.11. The Hall–Kier alpha value is -1.87. The molecule has 3 aromatic rings. The molecular formula is C16H16N2S. The first kappa shape index (κ1) is 12.2. The highest BCUT2D eigenvalue weighted by atomic mass is 32.1. The highest BCUT2D eigenvalue weighted by Crippen LogP contribution is 2.29. The number of anilines is 1. The SMILES string of the molecule is Cc1ccsc1C(C)Nc1cccc2cccnc12. The lowest BCUT2D eigenvalue weighted by molar-refractivity contribution is 0.900. The molecule has 0 aliphatic rings. The molecule has 0 spiro atoms. The largest absolute Gasteiger partial charge is 0.376 e. The normalized spacial score (nSPS) is 12.5. The molecule has 0 fully saturated rings. The molecule has 0 aliphatic carbocycles. The van der Waals surface area contributed by atoms with Crippen LogP contribution < -0.4 is 5.32 Å². The number of benzene rings is 1. The summed E-state index contributed by atoms with van der Waals surface area (Å²) in [4.78, 5) is 5.86. The smallest absolute Gasteiger partial charge is 0.0933 e. The van der Waals surface area contributed by atoms with Gasteiger partial charge in [0.15, 0.2) is 0 Å². The molecule has 0 amide bonds. The van der Waals surface area contributed by atoms with E-state index >= 15 is 0 Å². The Bertz CT molecular complexity index is 697. The third kappa shape index (κ3) is 2.34. The number of pyridine rings is 1. The Labute approximate surface area is 117 Å². The molecule has 19 heavy (non-hydrogen) atoms. The van der Waals surface area contributed by atoms with Crippen molar-refractivity contribution in [3.05, 3.63) is 58.4 Å². The van der Waals surface area contributed by atoms with Crippen LogP contribution in [0.25, 0.3) is 10.9 Å². The van der Waals surface area contributed by atoms with Crippen molar-refractivity contribution in [3.8, 4) is 0 Å². The Kier molecular flexibility index (Phi) is 3.22. The minimum Gasteiger partial charge on any atom is -0.376 e. The zero-order valence-electron chi connectivity index (χ0n) is 11.1. The van der Waals surface area contributed by atoms with E-state index in [0.717, 1.165) is 11.2 Å². The summed E-state index contributed by atoms with van der Waals surface area (Å²) in [6.07, 6.45) is 1.84. The van der Waals surface area contributed by atoms with Crippen LogP contribution in [-0.4, -0.2) is 4.98 Å². The molecule has 1 unspecified atom stereocenters. The van der Waals surface area contributed by atoms with Crippen molar-refractivity contribution in [2.24, 2.45) is 0 Å². The number of hydrogen-bond donors (Lipinski definition) is 1. The Morgan fingerprint density at radius 3 is 2.79 bits per heavy atom. The summed E-state index contributed by atoms with van der Waals surface area (Å²) in [5.41, 5.74) is 3.47. The van der Waals surface area contributed by atoms with Gasteiger partial charge in [-0.15, -0.1) is 11.3 Å². The molecule has 0 saturated heterocycles. The summed E-state index contributed by atoms with van der Waals surface area (Å²) in [5.74, 6) is 0. The van der Waals surface area contributed by atoms with E-state index in [4.69, 9.17) is 0 Å². The number of fused-ring (bicyclic) bond motifs is 1. The van der Waals surface area contributed by atoms with Crippen LogP contribution in [0, 0.1) is 6.92 Å². The summed E-state index contributed by atoms with van der Waals surface area (Å²) in [6.45, 7) is 4.35. The number of aryl methyl sites for hydroxylation is 1. The third-order valence-electron chi connectivity index (χ3n) is 3.30. The average molecular weight is 268 g/mol. The first-order chi connectivity index (χ1) is 9.25. The first-order valence-electron chi connectivity index (χ1n) is 6.40. The van der Waals surface area contributed by atoms with Crippen LogP contribution in [0.4, 0.5) is 5.69 Å². The van der Waals surface area contributed by atoms with Crippen LogP contribution in [0.2, 0.25) is 0 Å². The van der Waals surface area contributed by atoms with Crippen molar-refractivity contribution in [1.29, 1.82) is 0 Å². The minimum atomic E-state index is 0.299. The van der Waals surface area contributed by atoms with Crippen LogP contribution in [0.5, 0.6) is 0 Å². The summed E-state index contributed by atoms with van der Waals surface area (Å²) in [6, 6.07) is 12.8. The van der Waals surface area contributed by atoms with Gasteiger partial charge >= 0.3 is 0 Å². The fraction of sp³-hybridized carbons (Fsp3) is 0.188. The van der Waals surface area contributed by atoms with E-state index in [2.05, 4.69) is 59.9 Å². The van der Waals surface area contributed by atoms with Gasteiger partial charge in [0, 0.05) is 16.5 Å². The summed E-state index contributed by atoms with van der Waals surface area (Å²) < 4.78 is 0. The zero-order chi connectivity index (χ0) is 13.2. The van der Waals surface area contributed by atoms with E-state index < -0.39 is 0 Å². The second-order valence-electron chi connectivity index (χ2n) is 4.71. The Morgan fingerprint density at radius 1 is 1.16 bits per heavy atom. The van der Waals surface area contributed by atoms with Gasteiger partial charge in [0.1, 0.15) is 0 Å². The van der Waals surface area contributed by atoms with E-state index in [1.807, 2.05) is 12.3 Å². The molecule has 0 radical (unpaired) electrons. The minimum absolute atomic E-state index is 0.299. The number of nitrogens with one attached hydrogen (secondary N) is 1. The molecule has 2 heterocycles. The molecule has 0 aliphatic heterocycles. The van der Waals surface area contributed by atoms with Crippen molar-refractivity contribution >= 4 is 27.9 Å². The topological polar surface area (TPSA) is 24.9 Å². The molecule has 96 valence electrons. The van der Waals surface area contributed by atoms with Crippen molar-refractivity contribution in [1.82, 2.24) is 4.98 Å². The van der Waals surface area contributed by atoms with Crippen LogP contribution >= 0.6 is 11.3 Å². The molecule has 1 aromatic carbocycles. The van der Waals surface area contributed by atoms with E-state index in [1.165, 1.54) is 15.8 Å². The predicted octanol–water partition coefficient (Wildman–Crippen LogP) is 4.78. The number of para-hydroxylation sites is 1. The lowest BCUT2D eigenvalue weighted by Gasteiger charge is -2.16. The van der Waals surface area contributed by atoms with Gasteiger partial charge in [-0.25, -0.2) is 0 Å². The highest BCUT2D eigenvalue weighted by molar-refractivity contribution is 7.10. The maximum atomic E-state index is 4.48. The fourth-order valence-electron chi connectivity index (χ4n) is 2.35. The van der Waals surface area contributed by atoms with Crippen LogP contribution in [0.15, 0.2) is 48.0 Å². The maximum Gasteiger partial charge on any atom is 0.0933 e. The van der Waals surface area contributed by atoms with Gasteiger partial charge in [-0.2, -0.15) is 0 Å². The molecule has 3 heteroatoms. The molecule has 3 rings (SSSR count). The lowest BCUT2D eigenvalue weighted by atomic mass is 10.1. The number of hydrogen-bond acceptors (Lipinski definition) is 3. The Balaban J connectivity index is 1.96. The van der Waals surface area contributed by atoms with E-state index in [0.29, 0.717) is 6.04 Å². The van der Waals surface area contributed by atoms with Gasteiger partial charge in [0.25, 0.3) is 0 Å². The molecule has 1 atom stereocenters. The fourth-order valence-corrected chi connectivity index (χ4v) is 3.28. The second-order valence-corrected chi connectivity index (χ2v) is 5.66. The molecule has 0 saturated carbocycles. The standard InChI is InChI=1S/C16H16N2S/c1-11-8-10-19-16(11)12(2)18-14-7-3-5-13-6-4-9-17-15(13)14/h3-10,12,18H,1-2H3. The average Bonchev–Trinajstić information content (AvgIpc) is 2.85. The summed E-state index contributed by atoms with van der Waals surface area (Å²) in [7, 11) is 0. The van der Waals surface area contributed by atoms with Gasteiger partial charge in [0.2, 0.25) is 0 Å². The molecular weight excluding hydrogens is 252 g/mol. The summed E-state index contributed by atoms with van der Waals surface area (Å²) >= 11 is 1.80. The van der Waals surface area contributed by atoms with Crippen molar-refractivity contribution < 1.29 is 0 Å². The van der Waals surface area contributed by atoms with Gasteiger partial charge in [-0.05, 0) is 43.0 Å². The van der Waals surface area contributed by atoms with Gasteiger partial charge in [0.05, 0.1) is 17.2 Å². The zero-order valence-corrected chi connectivity index (χ0v) is 11.9. The van der Waals surface area contributed by atoms with E-state index in [1.54, 1.807) is 11.3 Å². The molecule has 2 nitrogen and oxygen atoms in total. The van der Waals surface area contributed by atoms with Crippen LogP contribution in [-0.2, 0) is 0 Å². The van der Waals surface area contributed by atoms with E-state index in [9.17, 15) is 0 Å². The van der Waals surface area contributed by atoms with Crippen LogP contribution in [0.3, 0.4) is 0 Å². The molecule has 2 aromatic heterocycles. The van der Waals surface area contributed by atoms with Crippen molar-refractivity contribution in [3.63, 3.8) is 0 Å². The molecule has 1 N–H and O–H groups in total. The lowest BCUT2D eigenvalue weighted by Crippen LogP contribution is -2.06. The predicted molar refractivity (Wildman–Crippen MR) is 82.8 cm³/mol. The van der Waals surface area contributed by atoms with Crippen LogP contribution in [0.1, 0.15) is 23.4 Å². The van der Waals surface area contributed by atoms with Gasteiger partial charge in [-0.3, -0.25) is 4.98 Å². The monoisotopic (exact) mass is 268 g/mol. The number of nitrogens with zero attached hydrogens (tertiary/aromatic N) is 1. The number of thiophene rings is 1.